The van der Waals surface area contributed by atoms with Gasteiger partial charge in [-0.2, -0.15) is 0 Å². The minimum atomic E-state index is 0.540. The summed E-state index contributed by atoms with van der Waals surface area (Å²) in [7, 11) is 0. The van der Waals surface area contributed by atoms with Crippen LogP contribution in [-0.4, -0.2) is 12.6 Å². The van der Waals surface area contributed by atoms with Crippen molar-refractivity contribution in [2.24, 2.45) is 0 Å². The first-order chi connectivity index (χ1) is 7.13. The molecule has 1 atom stereocenters. The van der Waals surface area contributed by atoms with E-state index >= 15 is 0 Å². The van der Waals surface area contributed by atoms with Gasteiger partial charge in [0.1, 0.15) is 0 Å². The van der Waals surface area contributed by atoms with E-state index < -0.39 is 0 Å². The molecule has 0 fully saturated rings. The summed E-state index contributed by atoms with van der Waals surface area (Å²) in [5.41, 5.74) is 1.33. The van der Waals surface area contributed by atoms with Gasteiger partial charge in [0.05, 0.1) is 0 Å². The number of halogens is 1. The van der Waals surface area contributed by atoms with Crippen molar-refractivity contribution in [3.63, 3.8) is 0 Å². The molecule has 0 aromatic heterocycles. The zero-order valence-electron chi connectivity index (χ0n) is 9.76. The number of nitrogens with one attached hydrogen (secondary N) is 1. The zero-order valence-corrected chi connectivity index (χ0v) is 10.5. The molecule has 0 saturated heterocycles. The van der Waals surface area contributed by atoms with Crippen LogP contribution in [-0.2, 0) is 0 Å². The van der Waals surface area contributed by atoms with Gasteiger partial charge in [0, 0.05) is 17.6 Å². The lowest BCUT2D eigenvalue weighted by molar-refractivity contribution is 0.520. The van der Waals surface area contributed by atoms with E-state index in [1.165, 1.54) is 5.56 Å². The average molecular weight is 226 g/mol. The molecule has 1 rings (SSSR count). The normalized spacial score (nSPS) is 13.1. The van der Waals surface area contributed by atoms with Crippen LogP contribution >= 0.6 is 11.6 Å². The average Bonchev–Trinajstić information content (AvgIpc) is 2.18. The van der Waals surface area contributed by atoms with Crippen LogP contribution in [0.5, 0.6) is 0 Å². The van der Waals surface area contributed by atoms with Crippen LogP contribution in [0.2, 0.25) is 5.02 Å². The summed E-state index contributed by atoms with van der Waals surface area (Å²) >= 11 is 5.99. The molecule has 2 heteroatoms. The van der Waals surface area contributed by atoms with Crippen LogP contribution in [0.4, 0.5) is 0 Å². The van der Waals surface area contributed by atoms with Crippen molar-refractivity contribution in [2.45, 2.75) is 39.2 Å². The molecule has 0 bridgehead atoms. The van der Waals surface area contributed by atoms with Crippen molar-refractivity contribution in [3.05, 3.63) is 34.9 Å². The fraction of sp³-hybridized carbons (Fsp3) is 0.538. The van der Waals surface area contributed by atoms with Crippen molar-refractivity contribution in [1.29, 1.82) is 0 Å². The maximum Gasteiger partial charge on any atom is 0.0408 e. The van der Waals surface area contributed by atoms with E-state index in [-0.39, 0.29) is 0 Å². The third-order valence-corrected chi connectivity index (χ3v) is 2.82. The number of rotatable bonds is 5. The molecule has 15 heavy (non-hydrogen) atoms. The molecule has 0 amide bonds. The third-order valence-electron chi connectivity index (χ3n) is 2.59. The van der Waals surface area contributed by atoms with E-state index in [1.807, 2.05) is 12.1 Å². The van der Waals surface area contributed by atoms with Crippen LogP contribution in [0.3, 0.4) is 0 Å². The fourth-order valence-electron chi connectivity index (χ4n) is 1.64. The number of hydrogen-bond donors (Lipinski definition) is 1. The maximum absolute atomic E-state index is 5.99. The summed E-state index contributed by atoms with van der Waals surface area (Å²) in [4.78, 5) is 0. The minimum Gasteiger partial charge on any atom is -0.314 e. The lowest BCUT2D eigenvalue weighted by atomic mass is 9.96. The highest BCUT2D eigenvalue weighted by Gasteiger charge is 2.09. The summed E-state index contributed by atoms with van der Waals surface area (Å²) in [6.07, 6.45) is 1.14. The predicted molar refractivity (Wildman–Crippen MR) is 67.6 cm³/mol. The van der Waals surface area contributed by atoms with E-state index in [4.69, 9.17) is 11.6 Å². The molecule has 0 aliphatic carbocycles. The van der Waals surface area contributed by atoms with Gasteiger partial charge in [-0.25, -0.2) is 0 Å². The second-order valence-electron chi connectivity index (χ2n) is 4.22. The van der Waals surface area contributed by atoms with Crippen molar-refractivity contribution in [1.82, 2.24) is 5.32 Å². The first-order valence-electron chi connectivity index (χ1n) is 5.62. The molecular weight excluding hydrogens is 206 g/mol. The Balaban J connectivity index is 2.65. The van der Waals surface area contributed by atoms with Gasteiger partial charge in [-0.15, -0.1) is 0 Å². The van der Waals surface area contributed by atoms with Gasteiger partial charge in [0.2, 0.25) is 0 Å². The van der Waals surface area contributed by atoms with Gasteiger partial charge in [-0.05, 0) is 30.0 Å². The summed E-state index contributed by atoms with van der Waals surface area (Å²) in [5, 5.41) is 4.30. The van der Waals surface area contributed by atoms with Crippen LogP contribution in [0.15, 0.2) is 24.3 Å². The van der Waals surface area contributed by atoms with Crippen LogP contribution in [0.25, 0.3) is 0 Å². The summed E-state index contributed by atoms with van der Waals surface area (Å²) in [6.45, 7) is 7.58. The van der Waals surface area contributed by atoms with Gasteiger partial charge in [-0.3, -0.25) is 0 Å². The zero-order chi connectivity index (χ0) is 11.3. The number of hydrogen-bond acceptors (Lipinski definition) is 1. The van der Waals surface area contributed by atoms with Gasteiger partial charge < -0.3 is 5.32 Å². The Morgan fingerprint density at radius 1 is 1.33 bits per heavy atom. The molecule has 1 nitrogen and oxygen atoms in total. The molecule has 0 aliphatic heterocycles. The monoisotopic (exact) mass is 225 g/mol. The van der Waals surface area contributed by atoms with Crippen LogP contribution in [0.1, 0.15) is 38.7 Å². The highest BCUT2D eigenvalue weighted by atomic mass is 35.5. The van der Waals surface area contributed by atoms with E-state index in [2.05, 4.69) is 38.2 Å². The van der Waals surface area contributed by atoms with Gasteiger partial charge in [0.15, 0.2) is 0 Å². The fourth-order valence-corrected chi connectivity index (χ4v) is 1.84. The van der Waals surface area contributed by atoms with Crippen LogP contribution < -0.4 is 5.32 Å². The quantitative estimate of drug-likeness (QED) is 0.803. The summed E-state index contributed by atoms with van der Waals surface area (Å²) in [6, 6.07) is 8.71. The second kappa shape index (κ2) is 6.14. The Kier molecular flexibility index (Phi) is 5.13. The molecule has 1 aromatic carbocycles. The SMILES string of the molecule is CCC(CNC(C)C)c1cccc(Cl)c1. The van der Waals surface area contributed by atoms with Gasteiger partial charge in [0.25, 0.3) is 0 Å². The standard InChI is InChI=1S/C13H20ClN/c1-4-11(9-15-10(2)3)12-6-5-7-13(14)8-12/h5-8,10-11,15H,4,9H2,1-3H3. The molecule has 1 aromatic rings. The molecule has 0 radical (unpaired) electrons. The van der Waals surface area contributed by atoms with E-state index in [9.17, 15) is 0 Å². The van der Waals surface area contributed by atoms with E-state index in [0.29, 0.717) is 12.0 Å². The maximum atomic E-state index is 5.99. The Labute approximate surface area is 97.8 Å². The van der Waals surface area contributed by atoms with Crippen molar-refractivity contribution in [2.75, 3.05) is 6.54 Å². The Bertz CT molecular complexity index is 296. The highest BCUT2D eigenvalue weighted by molar-refractivity contribution is 6.30. The molecule has 0 saturated carbocycles. The van der Waals surface area contributed by atoms with Crippen molar-refractivity contribution < 1.29 is 0 Å². The molecular formula is C13H20ClN. The Morgan fingerprint density at radius 2 is 2.07 bits per heavy atom. The lowest BCUT2D eigenvalue weighted by Crippen LogP contribution is -2.27. The molecule has 1 N–H and O–H groups in total. The largest absolute Gasteiger partial charge is 0.314 e. The topological polar surface area (TPSA) is 12.0 Å². The third kappa shape index (κ3) is 4.23. The smallest absolute Gasteiger partial charge is 0.0408 e. The van der Waals surface area contributed by atoms with E-state index in [0.717, 1.165) is 18.0 Å². The molecule has 0 heterocycles. The van der Waals surface area contributed by atoms with Gasteiger partial charge in [-0.1, -0.05) is 44.5 Å². The number of benzene rings is 1. The Morgan fingerprint density at radius 3 is 2.60 bits per heavy atom. The molecule has 1 unspecified atom stereocenters. The molecule has 0 spiro atoms. The Hall–Kier alpha value is -0.530. The minimum absolute atomic E-state index is 0.540. The molecule has 0 aliphatic rings. The first kappa shape index (κ1) is 12.5. The van der Waals surface area contributed by atoms with Crippen LogP contribution in [0, 0.1) is 0 Å². The summed E-state index contributed by atoms with van der Waals surface area (Å²) < 4.78 is 0. The lowest BCUT2D eigenvalue weighted by Gasteiger charge is -2.18. The van der Waals surface area contributed by atoms with Crippen molar-refractivity contribution in [3.8, 4) is 0 Å². The van der Waals surface area contributed by atoms with Crippen molar-refractivity contribution >= 4 is 11.6 Å². The first-order valence-corrected chi connectivity index (χ1v) is 6.00. The second-order valence-corrected chi connectivity index (χ2v) is 4.66. The van der Waals surface area contributed by atoms with Gasteiger partial charge >= 0.3 is 0 Å². The molecule has 84 valence electrons. The predicted octanol–water partition coefficient (Wildman–Crippen LogP) is 3.83. The highest BCUT2D eigenvalue weighted by Crippen LogP contribution is 2.21. The summed E-state index contributed by atoms with van der Waals surface area (Å²) in [5.74, 6) is 0.561. The van der Waals surface area contributed by atoms with E-state index in [1.54, 1.807) is 0 Å².